The fraction of sp³-hybridized carbons (Fsp3) is 0.600. The minimum absolute atomic E-state index is 0. The highest BCUT2D eigenvalue weighted by Gasteiger charge is 2.25. The van der Waals surface area contributed by atoms with Crippen LogP contribution in [0.5, 0.6) is 0 Å². The third-order valence-corrected chi connectivity index (χ3v) is 4.42. The van der Waals surface area contributed by atoms with E-state index in [-0.39, 0.29) is 24.8 Å². The Bertz CT molecular complexity index is 388. The Kier molecular flexibility index (Phi) is 11.1. The number of nitrogens with zero attached hydrogens (tertiary/aromatic N) is 1. The molecule has 1 saturated heterocycles. The topological polar surface area (TPSA) is 15.3 Å². The monoisotopic (exact) mass is 372 g/mol. The first-order chi connectivity index (χ1) is 9.24. The summed E-state index contributed by atoms with van der Waals surface area (Å²) < 4.78 is 0. The summed E-state index contributed by atoms with van der Waals surface area (Å²) in [6.07, 6.45) is 3.53. The molecule has 1 aliphatic heterocycles. The summed E-state index contributed by atoms with van der Waals surface area (Å²) in [4.78, 5) is 2.51. The molecule has 1 heterocycles. The van der Waals surface area contributed by atoms with Crippen LogP contribution < -0.4 is 5.32 Å². The molecule has 122 valence electrons. The van der Waals surface area contributed by atoms with Crippen LogP contribution >= 0.6 is 48.0 Å². The van der Waals surface area contributed by atoms with Crippen LogP contribution in [-0.2, 0) is 0 Å². The molecule has 0 spiro atoms. The van der Waals surface area contributed by atoms with Crippen LogP contribution in [0.4, 0.5) is 0 Å². The molecule has 0 aliphatic carbocycles. The number of benzene rings is 1. The van der Waals surface area contributed by atoms with Crippen LogP contribution in [0, 0.1) is 0 Å². The molecule has 2 rings (SSSR count). The lowest BCUT2D eigenvalue weighted by Gasteiger charge is -2.36. The first-order valence-electron chi connectivity index (χ1n) is 7.12. The van der Waals surface area contributed by atoms with Crippen LogP contribution in [0.15, 0.2) is 18.2 Å². The Labute approximate surface area is 150 Å². The van der Waals surface area contributed by atoms with Crippen molar-refractivity contribution in [1.82, 2.24) is 10.2 Å². The smallest absolute Gasteiger partial charge is 0.0468 e. The molecule has 1 N–H and O–H groups in total. The molecule has 6 heteroatoms. The minimum Gasteiger partial charge on any atom is -0.314 e. The zero-order valence-corrected chi connectivity index (χ0v) is 15.4. The van der Waals surface area contributed by atoms with Gasteiger partial charge in [-0.15, -0.1) is 24.8 Å². The molecule has 0 aromatic heterocycles. The molecule has 21 heavy (non-hydrogen) atoms. The minimum atomic E-state index is 0. The number of unbranched alkanes of at least 4 members (excludes halogenated alkanes) is 1. The van der Waals surface area contributed by atoms with E-state index in [9.17, 15) is 0 Å². The Morgan fingerprint density at radius 1 is 1.14 bits per heavy atom. The van der Waals surface area contributed by atoms with Crippen molar-refractivity contribution in [3.8, 4) is 0 Å². The summed E-state index contributed by atoms with van der Waals surface area (Å²) in [5.41, 5.74) is 1.11. The third-order valence-electron chi connectivity index (χ3n) is 3.76. The quantitative estimate of drug-likeness (QED) is 0.783. The summed E-state index contributed by atoms with van der Waals surface area (Å²) in [5.74, 6) is 0. The van der Waals surface area contributed by atoms with E-state index in [1.807, 2.05) is 18.2 Å². The summed E-state index contributed by atoms with van der Waals surface area (Å²) in [7, 11) is 0. The summed E-state index contributed by atoms with van der Waals surface area (Å²) in [6, 6.07) is 6.17. The maximum atomic E-state index is 6.40. The number of hydrogen-bond donors (Lipinski definition) is 1. The number of piperazine rings is 1. The van der Waals surface area contributed by atoms with Crippen molar-refractivity contribution in [2.24, 2.45) is 0 Å². The lowest BCUT2D eigenvalue weighted by atomic mass is 9.98. The molecular formula is C15H24Cl4N2. The first-order valence-corrected chi connectivity index (χ1v) is 7.88. The lowest BCUT2D eigenvalue weighted by Crippen LogP contribution is -2.45. The molecular weight excluding hydrogens is 350 g/mol. The van der Waals surface area contributed by atoms with Gasteiger partial charge in [0, 0.05) is 47.8 Å². The second-order valence-corrected chi connectivity index (χ2v) is 5.89. The molecule has 0 radical (unpaired) electrons. The van der Waals surface area contributed by atoms with Gasteiger partial charge >= 0.3 is 0 Å². The summed E-state index contributed by atoms with van der Waals surface area (Å²) in [6.45, 7) is 6.45. The van der Waals surface area contributed by atoms with Gasteiger partial charge in [0.25, 0.3) is 0 Å². The summed E-state index contributed by atoms with van der Waals surface area (Å²) in [5, 5.41) is 5.00. The van der Waals surface area contributed by atoms with Crippen LogP contribution in [0.3, 0.4) is 0 Å². The zero-order valence-electron chi connectivity index (χ0n) is 12.3. The highest BCUT2D eigenvalue weighted by molar-refractivity contribution is 6.36. The predicted octanol–water partition coefficient (Wildman–Crippen LogP) is 4.97. The Balaban J connectivity index is 0.00000200. The van der Waals surface area contributed by atoms with E-state index in [0.29, 0.717) is 6.04 Å². The third kappa shape index (κ3) is 5.78. The molecule has 0 saturated carbocycles. The van der Waals surface area contributed by atoms with Gasteiger partial charge in [-0.3, -0.25) is 4.90 Å². The van der Waals surface area contributed by atoms with E-state index < -0.39 is 0 Å². The molecule has 0 unspecified atom stereocenters. The van der Waals surface area contributed by atoms with Gasteiger partial charge in [-0.25, -0.2) is 0 Å². The van der Waals surface area contributed by atoms with E-state index >= 15 is 0 Å². The van der Waals surface area contributed by atoms with Crippen molar-refractivity contribution < 1.29 is 0 Å². The standard InChI is InChI=1S/C15H22Cl2N2.2ClH/c1-2-3-7-14(19-10-8-18-9-11-19)15-12(16)5-4-6-13(15)17;;/h4-6,14,18H,2-3,7-11H2,1H3;2*1H/t14-;;/m0../s1. The normalized spacial score (nSPS) is 16.7. The fourth-order valence-corrected chi connectivity index (χ4v) is 3.38. The molecule has 1 aromatic rings. The van der Waals surface area contributed by atoms with Crippen molar-refractivity contribution in [3.63, 3.8) is 0 Å². The highest BCUT2D eigenvalue weighted by atomic mass is 35.5. The van der Waals surface area contributed by atoms with Gasteiger partial charge in [-0.1, -0.05) is 49.0 Å². The number of halogens is 4. The van der Waals surface area contributed by atoms with Crippen molar-refractivity contribution >= 4 is 48.0 Å². The van der Waals surface area contributed by atoms with Crippen molar-refractivity contribution in [3.05, 3.63) is 33.8 Å². The van der Waals surface area contributed by atoms with Gasteiger partial charge in [0.15, 0.2) is 0 Å². The molecule has 2 nitrogen and oxygen atoms in total. The molecule has 0 amide bonds. The molecule has 0 bridgehead atoms. The second kappa shape index (κ2) is 10.9. The first kappa shape index (κ1) is 21.3. The van der Waals surface area contributed by atoms with Gasteiger partial charge < -0.3 is 5.32 Å². The SMILES string of the molecule is CCCC[C@@H](c1c(Cl)cccc1Cl)N1CCNCC1.Cl.Cl. The fourth-order valence-electron chi connectivity index (χ4n) is 2.73. The average molecular weight is 374 g/mol. The Morgan fingerprint density at radius 2 is 1.71 bits per heavy atom. The average Bonchev–Trinajstić information content (AvgIpc) is 2.43. The maximum Gasteiger partial charge on any atom is 0.0468 e. The van der Waals surface area contributed by atoms with E-state index in [1.54, 1.807) is 0 Å². The van der Waals surface area contributed by atoms with Gasteiger partial charge in [-0.05, 0) is 18.6 Å². The maximum absolute atomic E-state index is 6.40. The van der Waals surface area contributed by atoms with Gasteiger partial charge in [0.05, 0.1) is 0 Å². The van der Waals surface area contributed by atoms with Crippen LogP contribution in [-0.4, -0.2) is 31.1 Å². The van der Waals surface area contributed by atoms with Gasteiger partial charge in [0.2, 0.25) is 0 Å². The predicted molar refractivity (Wildman–Crippen MR) is 97.7 cm³/mol. The highest BCUT2D eigenvalue weighted by Crippen LogP contribution is 2.36. The van der Waals surface area contributed by atoms with Gasteiger partial charge in [-0.2, -0.15) is 0 Å². The number of nitrogens with one attached hydrogen (secondary N) is 1. The van der Waals surface area contributed by atoms with Crippen molar-refractivity contribution in [1.29, 1.82) is 0 Å². The van der Waals surface area contributed by atoms with E-state index in [1.165, 1.54) is 12.8 Å². The largest absolute Gasteiger partial charge is 0.314 e. The van der Waals surface area contributed by atoms with Crippen LogP contribution in [0.2, 0.25) is 10.0 Å². The summed E-state index contributed by atoms with van der Waals surface area (Å²) >= 11 is 12.8. The second-order valence-electron chi connectivity index (χ2n) is 5.08. The van der Waals surface area contributed by atoms with E-state index in [0.717, 1.165) is 48.2 Å². The van der Waals surface area contributed by atoms with E-state index in [2.05, 4.69) is 17.1 Å². The molecule has 1 atom stereocenters. The van der Waals surface area contributed by atoms with Crippen molar-refractivity contribution in [2.75, 3.05) is 26.2 Å². The van der Waals surface area contributed by atoms with Gasteiger partial charge in [0.1, 0.15) is 0 Å². The molecule has 1 aromatic carbocycles. The molecule has 1 fully saturated rings. The Morgan fingerprint density at radius 3 is 2.24 bits per heavy atom. The van der Waals surface area contributed by atoms with Crippen LogP contribution in [0.1, 0.15) is 37.8 Å². The lowest BCUT2D eigenvalue weighted by molar-refractivity contribution is 0.163. The zero-order chi connectivity index (χ0) is 13.7. The van der Waals surface area contributed by atoms with Crippen LogP contribution in [0.25, 0.3) is 0 Å². The number of hydrogen-bond acceptors (Lipinski definition) is 2. The van der Waals surface area contributed by atoms with Crippen molar-refractivity contribution in [2.45, 2.75) is 32.2 Å². The van der Waals surface area contributed by atoms with E-state index in [4.69, 9.17) is 23.2 Å². The number of rotatable bonds is 5. The molecule has 1 aliphatic rings. The Hall–Kier alpha value is 0.300.